The maximum absolute atomic E-state index is 10.4. The molecule has 84 valence electrons. The quantitative estimate of drug-likeness (QED) is 0.707. The second-order valence-electron chi connectivity index (χ2n) is 3.11. The molecule has 0 amide bonds. The van der Waals surface area contributed by atoms with Crippen LogP contribution >= 0.6 is 0 Å². The average molecular weight is 200 g/mol. The summed E-state index contributed by atoms with van der Waals surface area (Å²) >= 11 is 0. The van der Waals surface area contributed by atoms with Gasteiger partial charge in [-0.05, 0) is 19.8 Å². The Balaban J connectivity index is 0. The number of nitrogens with zero attached hydrogens (tertiary/aromatic N) is 1. The Hall–Kier alpha value is -0.700. The van der Waals surface area contributed by atoms with Crippen LogP contribution in [0.15, 0.2) is 4.99 Å². The Morgan fingerprint density at radius 3 is 1.64 bits per heavy atom. The highest BCUT2D eigenvalue weighted by Crippen LogP contribution is 1.88. The molecule has 0 saturated heterocycles. The molecule has 1 unspecified atom stereocenters. The zero-order valence-electron chi connectivity index (χ0n) is 10.1. The van der Waals surface area contributed by atoms with Gasteiger partial charge in [-0.3, -0.25) is 9.79 Å². The van der Waals surface area contributed by atoms with Gasteiger partial charge in [0, 0.05) is 19.2 Å². The Bertz CT molecular complexity index is 168. The van der Waals surface area contributed by atoms with Crippen molar-refractivity contribution in [3.05, 3.63) is 0 Å². The molecule has 0 aliphatic carbocycles. The van der Waals surface area contributed by atoms with Crippen molar-refractivity contribution in [2.75, 3.05) is 7.05 Å². The Labute approximate surface area is 87.8 Å². The van der Waals surface area contributed by atoms with Crippen molar-refractivity contribution in [3.8, 4) is 0 Å². The molecule has 0 spiro atoms. The van der Waals surface area contributed by atoms with Crippen molar-refractivity contribution < 1.29 is 4.79 Å². The first kappa shape index (κ1) is 15.8. The van der Waals surface area contributed by atoms with Crippen LogP contribution in [-0.2, 0) is 4.79 Å². The molecule has 0 aromatic rings. The largest absolute Gasteiger partial charge is 0.322 e. The third-order valence-electron chi connectivity index (χ3n) is 1.99. The van der Waals surface area contributed by atoms with Crippen LogP contribution in [0, 0.1) is 0 Å². The molecular formula is C11H24N2O. The lowest BCUT2D eigenvalue weighted by Crippen LogP contribution is -2.25. The second kappa shape index (κ2) is 10.4. The molecule has 14 heavy (non-hydrogen) atoms. The maximum Gasteiger partial charge on any atom is 0.148 e. The van der Waals surface area contributed by atoms with Crippen LogP contribution in [-0.4, -0.2) is 24.6 Å². The number of nitrogens with two attached hydrogens (primary N) is 1. The monoisotopic (exact) mass is 200 g/mol. The molecular weight excluding hydrogens is 176 g/mol. The summed E-state index contributed by atoms with van der Waals surface area (Å²) in [5.41, 5.74) is 6.50. The van der Waals surface area contributed by atoms with Gasteiger partial charge in [0.05, 0.1) is 6.04 Å². The van der Waals surface area contributed by atoms with E-state index >= 15 is 0 Å². The smallest absolute Gasteiger partial charge is 0.148 e. The van der Waals surface area contributed by atoms with Gasteiger partial charge in [-0.25, -0.2) is 0 Å². The molecule has 0 aliphatic rings. The molecule has 1 atom stereocenters. The van der Waals surface area contributed by atoms with Crippen LogP contribution in [0.5, 0.6) is 0 Å². The molecule has 0 heterocycles. The fourth-order valence-corrected chi connectivity index (χ4v) is 0.888. The van der Waals surface area contributed by atoms with Crippen molar-refractivity contribution in [1.29, 1.82) is 0 Å². The zero-order valence-corrected chi connectivity index (χ0v) is 10.1. The van der Waals surface area contributed by atoms with Crippen molar-refractivity contribution in [2.45, 2.75) is 53.0 Å². The molecule has 0 rings (SSSR count). The first-order valence-electron chi connectivity index (χ1n) is 5.26. The summed E-state index contributed by atoms with van der Waals surface area (Å²) < 4.78 is 0. The van der Waals surface area contributed by atoms with Gasteiger partial charge in [0.2, 0.25) is 0 Å². The van der Waals surface area contributed by atoms with Crippen LogP contribution in [0.3, 0.4) is 0 Å². The highest BCUT2D eigenvalue weighted by Gasteiger charge is 2.01. The number of ketones is 1. The average Bonchev–Trinajstić information content (AvgIpc) is 2.20. The van der Waals surface area contributed by atoms with Crippen LogP contribution < -0.4 is 5.73 Å². The summed E-state index contributed by atoms with van der Waals surface area (Å²) in [4.78, 5) is 14.4. The van der Waals surface area contributed by atoms with Crippen molar-refractivity contribution in [2.24, 2.45) is 10.7 Å². The third kappa shape index (κ3) is 9.39. The molecule has 3 nitrogen and oxygen atoms in total. The molecule has 3 heteroatoms. The SMILES string of the molecule is CCC(=O)C(C)N.CCC(CC)=NC. The van der Waals surface area contributed by atoms with Gasteiger partial charge < -0.3 is 5.73 Å². The van der Waals surface area contributed by atoms with Crippen LogP contribution in [0.25, 0.3) is 0 Å². The van der Waals surface area contributed by atoms with Crippen molar-refractivity contribution in [3.63, 3.8) is 0 Å². The molecule has 0 aliphatic heterocycles. The lowest BCUT2D eigenvalue weighted by Gasteiger charge is -1.96. The summed E-state index contributed by atoms with van der Waals surface area (Å²) in [6.07, 6.45) is 2.76. The van der Waals surface area contributed by atoms with E-state index in [-0.39, 0.29) is 11.8 Å². The highest BCUT2D eigenvalue weighted by atomic mass is 16.1. The Morgan fingerprint density at radius 2 is 1.64 bits per heavy atom. The van der Waals surface area contributed by atoms with E-state index in [1.54, 1.807) is 6.92 Å². The van der Waals surface area contributed by atoms with Gasteiger partial charge >= 0.3 is 0 Å². The normalized spacial score (nSPS) is 11.0. The number of aliphatic imine (C=N–C) groups is 1. The number of carbonyl (C=O) groups excluding carboxylic acids is 1. The van der Waals surface area contributed by atoms with Crippen LogP contribution in [0.1, 0.15) is 47.0 Å². The van der Waals surface area contributed by atoms with Crippen LogP contribution in [0.2, 0.25) is 0 Å². The minimum absolute atomic E-state index is 0.125. The summed E-state index contributed by atoms with van der Waals surface area (Å²) in [5.74, 6) is 0.125. The predicted molar refractivity (Wildman–Crippen MR) is 62.9 cm³/mol. The van der Waals surface area contributed by atoms with E-state index in [1.807, 2.05) is 14.0 Å². The molecule has 0 aromatic carbocycles. The maximum atomic E-state index is 10.4. The zero-order chi connectivity index (χ0) is 11.6. The number of hydrogen-bond acceptors (Lipinski definition) is 3. The number of hydrogen-bond donors (Lipinski definition) is 1. The van der Waals surface area contributed by atoms with Crippen molar-refractivity contribution in [1.82, 2.24) is 0 Å². The lowest BCUT2D eigenvalue weighted by atomic mass is 10.2. The summed E-state index contributed by atoms with van der Waals surface area (Å²) in [7, 11) is 1.85. The predicted octanol–water partition coefficient (Wildman–Crippen LogP) is 2.19. The minimum atomic E-state index is -0.273. The van der Waals surface area contributed by atoms with E-state index in [2.05, 4.69) is 18.8 Å². The molecule has 2 N–H and O–H groups in total. The summed E-state index contributed by atoms with van der Waals surface area (Å²) in [6.45, 7) is 7.77. The van der Waals surface area contributed by atoms with Crippen molar-refractivity contribution >= 4 is 11.5 Å². The van der Waals surface area contributed by atoms with Gasteiger partial charge in [0.15, 0.2) is 0 Å². The minimum Gasteiger partial charge on any atom is -0.322 e. The molecule has 0 saturated carbocycles. The first-order valence-corrected chi connectivity index (χ1v) is 5.26. The first-order chi connectivity index (χ1) is 6.53. The Kier molecular flexibility index (Phi) is 11.7. The molecule has 0 fully saturated rings. The van der Waals surface area contributed by atoms with Gasteiger partial charge in [-0.1, -0.05) is 20.8 Å². The van der Waals surface area contributed by atoms with Gasteiger partial charge in [0.1, 0.15) is 5.78 Å². The highest BCUT2D eigenvalue weighted by molar-refractivity contribution is 5.83. The number of carbonyl (C=O) groups is 1. The van der Waals surface area contributed by atoms with Gasteiger partial charge in [-0.15, -0.1) is 0 Å². The molecule has 0 bridgehead atoms. The topological polar surface area (TPSA) is 55.5 Å². The lowest BCUT2D eigenvalue weighted by molar-refractivity contribution is -0.119. The summed E-state index contributed by atoms with van der Waals surface area (Å²) in [5, 5.41) is 0. The van der Waals surface area contributed by atoms with Crippen LogP contribution in [0.4, 0.5) is 0 Å². The molecule has 0 radical (unpaired) electrons. The van der Waals surface area contributed by atoms with E-state index in [9.17, 15) is 4.79 Å². The fourth-order valence-electron chi connectivity index (χ4n) is 0.888. The fraction of sp³-hybridized carbons (Fsp3) is 0.818. The van der Waals surface area contributed by atoms with E-state index < -0.39 is 0 Å². The number of Topliss-reactive ketones (excluding diaryl/α,β-unsaturated/α-hetero) is 1. The standard InChI is InChI=1S/C6H13N.C5H11NO/c1-4-6(5-2)7-3;1-3-5(7)4(2)6/h4-5H2,1-3H3;4H,3,6H2,1-2H3. The van der Waals surface area contributed by atoms with E-state index in [1.165, 1.54) is 5.71 Å². The second-order valence-corrected chi connectivity index (χ2v) is 3.11. The van der Waals surface area contributed by atoms with Gasteiger partial charge in [-0.2, -0.15) is 0 Å². The third-order valence-corrected chi connectivity index (χ3v) is 1.99. The Morgan fingerprint density at radius 1 is 1.21 bits per heavy atom. The number of rotatable bonds is 4. The van der Waals surface area contributed by atoms with E-state index in [0.29, 0.717) is 6.42 Å². The molecule has 0 aromatic heterocycles. The summed E-state index contributed by atoms with van der Waals surface area (Å²) in [6, 6.07) is -0.273. The van der Waals surface area contributed by atoms with Gasteiger partial charge in [0.25, 0.3) is 0 Å². The van der Waals surface area contributed by atoms with E-state index in [4.69, 9.17) is 5.73 Å². The van der Waals surface area contributed by atoms with E-state index in [0.717, 1.165) is 12.8 Å².